The van der Waals surface area contributed by atoms with Crippen molar-refractivity contribution in [3.05, 3.63) is 68.7 Å². The summed E-state index contributed by atoms with van der Waals surface area (Å²) in [6.07, 6.45) is 0. The van der Waals surface area contributed by atoms with E-state index in [0.717, 1.165) is 18.2 Å². The largest absolute Gasteiger partial charge is 0.488 e. The summed E-state index contributed by atoms with van der Waals surface area (Å²) >= 11 is 5.97. The van der Waals surface area contributed by atoms with E-state index < -0.39 is 10.9 Å². The molecular formula is C14H10ClNO5. The zero-order valence-corrected chi connectivity index (χ0v) is 11.4. The Kier molecular flexibility index (Phi) is 4.39. The predicted octanol–water partition coefficient (Wildman–Crippen LogP) is 3.53. The maximum Gasteiger partial charge on any atom is 0.339 e. The van der Waals surface area contributed by atoms with Crippen molar-refractivity contribution in [2.75, 3.05) is 0 Å². The number of aromatic carboxylic acids is 1. The Labute approximate surface area is 124 Å². The lowest BCUT2D eigenvalue weighted by Gasteiger charge is -2.10. The number of halogens is 1. The van der Waals surface area contributed by atoms with Crippen LogP contribution in [0.25, 0.3) is 0 Å². The molecule has 6 nitrogen and oxygen atoms in total. The standard InChI is InChI=1S/C14H10ClNO5/c15-12-4-2-1-3-9(12)8-21-13-7-10(16(19)20)5-6-11(13)14(17)18/h1-7H,8H2,(H,17,18). The highest BCUT2D eigenvalue weighted by atomic mass is 35.5. The molecule has 0 bridgehead atoms. The van der Waals surface area contributed by atoms with Gasteiger partial charge in [0.2, 0.25) is 0 Å². The maximum absolute atomic E-state index is 11.1. The number of carboxylic acid groups (broad SMARTS) is 1. The summed E-state index contributed by atoms with van der Waals surface area (Å²) in [5, 5.41) is 20.3. The van der Waals surface area contributed by atoms with Gasteiger partial charge in [-0.05, 0) is 12.1 Å². The SMILES string of the molecule is O=C(O)c1ccc([N+](=O)[O-])cc1OCc1ccccc1Cl. The number of ether oxygens (including phenoxy) is 1. The number of hydrogen-bond acceptors (Lipinski definition) is 4. The van der Waals surface area contributed by atoms with Gasteiger partial charge in [-0.15, -0.1) is 0 Å². The summed E-state index contributed by atoms with van der Waals surface area (Å²) in [6.45, 7) is 0.0150. The van der Waals surface area contributed by atoms with Crippen LogP contribution >= 0.6 is 11.6 Å². The quantitative estimate of drug-likeness (QED) is 0.674. The van der Waals surface area contributed by atoms with Gasteiger partial charge >= 0.3 is 5.97 Å². The monoisotopic (exact) mass is 307 g/mol. The molecule has 1 N–H and O–H groups in total. The first-order valence-electron chi connectivity index (χ1n) is 5.87. The molecule has 0 fully saturated rings. The van der Waals surface area contributed by atoms with E-state index in [1.807, 2.05) is 0 Å². The Hall–Kier alpha value is -2.60. The molecule has 2 aromatic rings. The molecule has 0 atom stereocenters. The van der Waals surface area contributed by atoms with E-state index in [2.05, 4.69) is 0 Å². The van der Waals surface area contributed by atoms with E-state index in [4.69, 9.17) is 21.4 Å². The van der Waals surface area contributed by atoms with Crippen molar-refractivity contribution >= 4 is 23.3 Å². The molecule has 0 heterocycles. The second-order valence-corrected chi connectivity index (χ2v) is 4.53. The molecule has 108 valence electrons. The molecule has 0 saturated carbocycles. The molecule has 0 saturated heterocycles. The third-order valence-electron chi connectivity index (χ3n) is 2.75. The van der Waals surface area contributed by atoms with Crippen LogP contribution in [0.1, 0.15) is 15.9 Å². The lowest BCUT2D eigenvalue weighted by Crippen LogP contribution is -2.04. The first kappa shape index (κ1) is 14.8. The summed E-state index contributed by atoms with van der Waals surface area (Å²) in [6, 6.07) is 10.2. The van der Waals surface area contributed by atoms with Crippen molar-refractivity contribution in [2.45, 2.75) is 6.61 Å². The number of carboxylic acids is 1. The van der Waals surface area contributed by atoms with Crippen molar-refractivity contribution in [2.24, 2.45) is 0 Å². The minimum absolute atomic E-state index is 0.0150. The van der Waals surface area contributed by atoms with Gasteiger partial charge in [-0.1, -0.05) is 29.8 Å². The van der Waals surface area contributed by atoms with Crippen molar-refractivity contribution in [1.82, 2.24) is 0 Å². The normalized spacial score (nSPS) is 10.1. The van der Waals surface area contributed by atoms with Crippen LogP contribution in [0.5, 0.6) is 5.75 Å². The van der Waals surface area contributed by atoms with Gasteiger partial charge in [0, 0.05) is 16.7 Å². The number of hydrogen-bond donors (Lipinski definition) is 1. The smallest absolute Gasteiger partial charge is 0.339 e. The summed E-state index contributed by atoms with van der Waals surface area (Å²) in [5.74, 6) is -1.30. The number of nitrogens with zero attached hydrogens (tertiary/aromatic N) is 1. The molecule has 0 spiro atoms. The maximum atomic E-state index is 11.1. The van der Waals surface area contributed by atoms with Gasteiger partial charge < -0.3 is 9.84 Å². The summed E-state index contributed by atoms with van der Waals surface area (Å²) in [7, 11) is 0. The van der Waals surface area contributed by atoms with E-state index in [1.165, 1.54) is 0 Å². The van der Waals surface area contributed by atoms with Crippen LogP contribution in [0.2, 0.25) is 5.02 Å². The van der Waals surface area contributed by atoms with Gasteiger partial charge in [-0.25, -0.2) is 4.79 Å². The van der Waals surface area contributed by atoms with Crippen molar-refractivity contribution in [3.8, 4) is 5.75 Å². The van der Waals surface area contributed by atoms with E-state index in [9.17, 15) is 14.9 Å². The molecule has 0 aliphatic heterocycles. The molecular weight excluding hydrogens is 298 g/mol. The van der Waals surface area contributed by atoms with E-state index >= 15 is 0 Å². The highest BCUT2D eigenvalue weighted by molar-refractivity contribution is 6.31. The Bertz CT molecular complexity index is 702. The lowest BCUT2D eigenvalue weighted by molar-refractivity contribution is -0.384. The Morgan fingerprint density at radius 2 is 2.00 bits per heavy atom. The molecule has 0 unspecified atom stereocenters. The fourth-order valence-corrected chi connectivity index (χ4v) is 1.88. The van der Waals surface area contributed by atoms with Crippen LogP contribution in [0.15, 0.2) is 42.5 Å². The molecule has 21 heavy (non-hydrogen) atoms. The average Bonchev–Trinajstić information content (AvgIpc) is 2.46. The lowest BCUT2D eigenvalue weighted by atomic mass is 10.2. The summed E-state index contributed by atoms with van der Waals surface area (Å²) in [4.78, 5) is 21.2. The topological polar surface area (TPSA) is 89.7 Å². The van der Waals surface area contributed by atoms with Gasteiger partial charge in [0.1, 0.15) is 17.9 Å². The molecule has 0 aliphatic rings. The van der Waals surface area contributed by atoms with E-state index in [1.54, 1.807) is 24.3 Å². The summed E-state index contributed by atoms with van der Waals surface area (Å²) in [5.41, 5.74) is 0.267. The summed E-state index contributed by atoms with van der Waals surface area (Å²) < 4.78 is 5.39. The number of nitro groups is 1. The molecule has 2 rings (SSSR count). The fourth-order valence-electron chi connectivity index (χ4n) is 1.69. The number of carbonyl (C=O) groups is 1. The Morgan fingerprint density at radius 1 is 1.29 bits per heavy atom. The number of nitro benzene ring substituents is 1. The van der Waals surface area contributed by atoms with Crippen LogP contribution < -0.4 is 4.74 Å². The molecule has 2 aromatic carbocycles. The Balaban J connectivity index is 2.29. The number of rotatable bonds is 5. The average molecular weight is 308 g/mol. The third kappa shape index (κ3) is 3.49. The van der Waals surface area contributed by atoms with Crippen molar-refractivity contribution in [1.29, 1.82) is 0 Å². The molecule has 0 aliphatic carbocycles. The van der Waals surface area contributed by atoms with Crippen LogP contribution in [0, 0.1) is 10.1 Å². The van der Waals surface area contributed by atoms with E-state index in [0.29, 0.717) is 10.6 Å². The first-order chi connectivity index (χ1) is 9.99. The first-order valence-corrected chi connectivity index (χ1v) is 6.25. The van der Waals surface area contributed by atoms with Gasteiger partial charge in [-0.2, -0.15) is 0 Å². The number of benzene rings is 2. The Morgan fingerprint density at radius 3 is 2.62 bits per heavy atom. The molecule has 0 radical (unpaired) electrons. The van der Waals surface area contributed by atoms with Gasteiger partial charge in [-0.3, -0.25) is 10.1 Å². The van der Waals surface area contributed by atoms with Gasteiger partial charge in [0.15, 0.2) is 0 Å². The second-order valence-electron chi connectivity index (χ2n) is 4.12. The van der Waals surface area contributed by atoms with E-state index in [-0.39, 0.29) is 23.6 Å². The second kappa shape index (κ2) is 6.23. The predicted molar refractivity (Wildman–Crippen MR) is 75.8 cm³/mol. The van der Waals surface area contributed by atoms with Crippen LogP contribution in [-0.2, 0) is 6.61 Å². The zero-order valence-electron chi connectivity index (χ0n) is 10.7. The van der Waals surface area contributed by atoms with Crippen LogP contribution in [0.3, 0.4) is 0 Å². The van der Waals surface area contributed by atoms with Crippen LogP contribution in [0.4, 0.5) is 5.69 Å². The highest BCUT2D eigenvalue weighted by Gasteiger charge is 2.17. The molecule has 7 heteroatoms. The third-order valence-corrected chi connectivity index (χ3v) is 3.12. The molecule has 0 amide bonds. The van der Waals surface area contributed by atoms with Gasteiger partial charge in [0.25, 0.3) is 5.69 Å². The van der Waals surface area contributed by atoms with Crippen LogP contribution in [-0.4, -0.2) is 16.0 Å². The minimum Gasteiger partial charge on any atom is -0.488 e. The highest BCUT2D eigenvalue weighted by Crippen LogP contribution is 2.26. The minimum atomic E-state index is -1.22. The van der Waals surface area contributed by atoms with Gasteiger partial charge in [0.05, 0.1) is 11.0 Å². The zero-order chi connectivity index (χ0) is 15.4. The van der Waals surface area contributed by atoms with Crippen molar-refractivity contribution in [3.63, 3.8) is 0 Å². The number of non-ortho nitro benzene ring substituents is 1. The fraction of sp³-hybridized carbons (Fsp3) is 0.0714. The van der Waals surface area contributed by atoms with Crippen molar-refractivity contribution < 1.29 is 19.6 Å². The molecule has 0 aromatic heterocycles.